The van der Waals surface area contributed by atoms with Crippen molar-refractivity contribution in [3.63, 3.8) is 0 Å². The van der Waals surface area contributed by atoms with Crippen molar-refractivity contribution < 1.29 is 4.74 Å². The molecule has 15 heavy (non-hydrogen) atoms. The summed E-state index contributed by atoms with van der Waals surface area (Å²) in [6.07, 6.45) is 5.31. The van der Waals surface area contributed by atoms with Crippen molar-refractivity contribution in [3.8, 4) is 10.0 Å². The van der Waals surface area contributed by atoms with E-state index in [4.69, 9.17) is 4.74 Å². The van der Waals surface area contributed by atoms with Gasteiger partial charge in [-0.15, -0.1) is 22.7 Å². The van der Waals surface area contributed by atoms with Crippen molar-refractivity contribution in [3.05, 3.63) is 35.0 Å². The molecule has 2 heterocycles. The fourth-order valence-electron chi connectivity index (χ4n) is 1.03. The van der Waals surface area contributed by atoms with E-state index in [1.807, 2.05) is 23.8 Å². The summed E-state index contributed by atoms with van der Waals surface area (Å²) in [5.41, 5.74) is 0.948. The molecule has 2 aromatic rings. The predicted octanol–water partition coefficient (Wildman–Crippen LogP) is 3.32. The Kier molecular flexibility index (Phi) is 3.47. The molecule has 0 saturated carbocycles. The second kappa shape index (κ2) is 5.04. The Bertz CT molecular complexity index is 434. The summed E-state index contributed by atoms with van der Waals surface area (Å²) >= 11 is 3.20. The fraction of sp³-hybridized carbons (Fsp3) is 0.200. The molecular formula is C10H10N2OS2. The third-order valence-corrected chi connectivity index (χ3v) is 3.44. The van der Waals surface area contributed by atoms with Gasteiger partial charge in [-0.2, -0.15) is 0 Å². The molecule has 0 aromatic carbocycles. The molecule has 0 radical (unpaired) electrons. The largest absolute Gasteiger partial charge is 0.495 e. The van der Waals surface area contributed by atoms with Gasteiger partial charge in [0.15, 0.2) is 10.0 Å². The van der Waals surface area contributed by atoms with Gasteiger partial charge >= 0.3 is 0 Å². The van der Waals surface area contributed by atoms with E-state index in [0.29, 0.717) is 6.61 Å². The number of allylic oxidation sites excluding steroid dienone is 1. The van der Waals surface area contributed by atoms with Crippen molar-refractivity contribution in [2.45, 2.75) is 13.5 Å². The lowest BCUT2D eigenvalue weighted by molar-refractivity contribution is 0.232. The Morgan fingerprint density at radius 2 is 2.33 bits per heavy atom. The fourth-order valence-corrected chi connectivity index (χ4v) is 2.53. The highest BCUT2D eigenvalue weighted by Crippen LogP contribution is 2.25. The Hall–Kier alpha value is -1.20. The second-order valence-corrected chi connectivity index (χ2v) is 4.51. The summed E-state index contributed by atoms with van der Waals surface area (Å²) in [5, 5.41) is 5.88. The first-order valence-electron chi connectivity index (χ1n) is 4.47. The topological polar surface area (TPSA) is 35.0 Å². The Morgan fingerprint density at radius 3 is 3.07 bits per heavy atom. The van der Waals surface area contributed by atoms with E-state index >= 15 is 0 Å². The number of hydrogen-bond donors (Lipinski definition) is 0. The van der Waals surface area contributed by atoms with E-state index in [1.165, 1.54) is 0 Å². The van der Waals surface area contributed by atoms with Crippen LogP contribution < -0.4 is 0 Å². The molecule has 2 aromatic heterocycles. The highest BCUT2D eigenvalue weighted by Gasteiger charge is 2.06. The van der Waals surface area contributed by atoms with Crippen LogP contribution in [0.15, 0.2) is 29.3 Å². The van der Waals surface area contributed by atoms with E-state index in [-0.39, 0.29) is 0 Å². The standard InChI is InChI=1S/C10H10N2OS2/c1-2-4-13-6-8-7-15-10(12-8)9-11-3-5-14-9/h2-5,7H,6H2,1H3. The van der Waals surface area contributed by atoms with Crippen molar-refractivity contribution in [2.24, 2.45) is 0 Å². The predicted molar refractivity (Wildman–Crippen MR) is 62.8 cm³/mol. The van der Waals surface area contributed by atoms with Crippen LogP contribution >= 0.6 is 22.7 Å². The van der Waals surface area contributed by atoms with Crippen molar-refractivity contribution in [1.29, 1.82) is 0 Å². The Balaban J connectivity index is 2.04. The molecule has 0 aliphatic heterocycles. The molecule has 0 bridgehead atoms. The monoisotopic (exact) mass is 238 g/mol. The minimum absolute atomic E-state index is 0.520. The summed E-state index contributed by atoms with van der Waals surface area (Å²) in [5.74, 6) is 0. The van der Waals surface area contributed by atoms with E-state index in [1.54, 1.807) is 35.1 Å². The molecule has 3 nitrogen and oxygen atoms in total. The van der Waals surface area contributed by atoms with Crippen LogP contribution in [0.2, 0.25) is 0 Å². The molecule has 0 unspecified atom stereocenters. The van der Waals surface area contributed by atoms with Gasteiger partial charge in [0, 0.05) is 17.0 Å². The number of aromatic nitrogens is 2. The zero-order valence-electron chi connectivity index (χ0n) is 8.21. The molecule has 0 fully saturated rings. The van der Waals surface area contributed by atoms with E-state index in [0.717, 1.165) is 15.7 Å². The van der Waals surface area contributed by atoms with Crippen molar-refractivity contribution in [1.82, 2.24) is 9.97 Å². The average Bonchev–Trinajstić information content (AvgIpc) is 2.87. The molecule has 2 rings (SSSR count). The Morgan fingerprint density at radius 1 is 1.40 bits per heavy atom. The summed E-state index contributed by atoms with van der Waals surface area (Å²) in [6.45, 7) is 2.44. The molecule has 0 amide bonds. The van der Waals surface area contributed by atoms with Crippen LogP contribution in [0.3, 0.4) is 0 Å². The lowest BCUT2D eigenvalue weighted by Crippen LogP contribution is -1.86. The molecule has 78 valence electrons. The minimum Gasteiger partial charge on any atom is -0.495 e. The summed E-state index contributed by atoms with van der Waals surface area (Å²) < 4.78 is 5.25. The number of rotatable bonds is 4. The molecule has 5 heteroatoms. The molecule has 0 N–H and O–H groups in total. The Labute approximate surface area is 96.1 Å². The van der Waals surface area contributed by atoms with Crippen molar-refractivity contribution >= 4 is 22.7 Å². The number of nitrogens with zero attached hydrogens (tertiary/aromatic N) is 2. The third kappa shape index (κ3) is 2.64. The molecule has 0 atom stereocenters. The minimum atomic E-state index is 0.520. The maximum absolute atomic E-state index is 5.25. The normalized spacial score (nSPS) is 11.0. The van der Waals surface area contributed by atoms with Crippen LogP contribution in [0.4, 0.5) is 0 Å². The lowest BCUT2D eigenvalue weighted by Gasteiger charge is -1.94. The second-order valence-electron chi connectivity index (χ2n) is 2.76. The number of thiazole rings is 2. The van der Waals surface area contributed by atoms with Gasteiger partial charge in [-0.05, 0) is 6.92 Å². The van der Waals surface area contributed by atoms with Gasteiger partial charge in [-0.3, -0.25) is 0 Å². The SMILES string of the molecule is CC=COCc1csc(-c2nccs2)n1. The first-order valence-corrected chi connectivity index (χ1v) is 6.23. The van der Waals surface area contributed by atoms with E-state index < -0.39 is 0 Å². The number of ether oxygens (including phenoxy) is 1. The van der Waals surface area contributed by atoms with Gasteiger partial charge in [-0.1, -0.05) is 6.08 Å². The highest BCUT2D eigenvalue weighted by atomic mass is 32.1. The van der Waals surface area contributed by atoms with Gasteiger partial charge in [-0.25, -0.2) is 9.97 Å². The maximum atomic E-state index is 5.25. The zero-order valence-corrected chi connectivity index (χ0v) is 9.85. The maximum Gasteiger partial charge on any atom is 0.152 e. The van der Waals surface area contributed by atoms with E-state index in [9.17, 15) is 0 Å². The first-order chi connectivity index (χ1) is 7.40. The van der Waals surface area contributed by atoms with Crippen LogP contribution in [0.1, 0.15) is 12.6 Å². The summed E-state index contributed by atoms with van der Waals surface area (Å²) in [7, 11) is 0. The van der Waals surface area contributed by atoms with Crippen LogP contribution in [0.5, 0.6) is 0 Å². The smallest absolute Gasteiger partial charge is 0.152 e. The van der Waals surface area contributed by atoms with Gasteiger partial charge in [0.05, 0.1) is 12.0 Å². The molecule has 0 aliphatic rings. The van der Waals surface area contributed by atoms with Gasteiger partial charge < -0.3 is 4.74 Å². The van der Waals surface area contributed by atoms with Crippen molar-refractivity contribution in [2.75, 3.05) is 0 Å². The average molecular weight is 238 g/mol. The molecule has 0 spiro atoms. The quantitative estimate of drug-likeness (QED) is 0.766. The van der Waals surface area contributed by atoms with E-state index in [2.05, 4.69) is 9.97 Å². The highest BCUT2D eigenvalue weighted by molar-refractivity contribution is 7.19. The summed E-state index contributed by atoms with van der Waals surface area (Å²) in [4.78, 5) is 8.64. The third-order valence-electron chi connectivity index (χ3n) is 1.63. The first kappa shape index (κ1) is 10.3. The van der Waals surface area contributed by atoms with Crippen LogP contribution in [-0.2, 0) is 11.3 Å². The van der Waals surface area contributed by atoms with Gasteiger partial charge in [0.25, 0.3) is 0 Å². The molecule has 0 saturated heterocycles. The number of hydrogen-bond acceptors (Lipinski definition) is 5. The van der Waals surface area contributed by atoms with Gasteiger partial charge in [0.2, 0.25) is 0 Å². The van der Waals surface area contributed by atoms with Gasteiger partial charge in [0.1, 0.15) is 6.61 Å². The zero-order chi connectivity index (χ0) is 10.5. The van der Waals surface area contributed by atoms with Crippen LogP contribution in [-0.4, -0.2) is 9.97 Å². The summed E-state index contributed by atoms with van der Waals surface area (Å²) in [6, 6.07) is 0. The molecule has 0 aliphatic carbocycles. The van der Waals surface area contributed by atoms with Crippen LogP contribution in [0.25, 0.3) is 10.0 Å². The lowest BCUT2D eigenvalue weighted by atomic mass is 10.5. The van der Waals surface area contributed by atoms with Crippen LogP contribution in [0, 0.1) is 0 Å². The molecular weight excluding hydrogens is 228 g/mol.